The number of unbranched alkanes of at least 4 members (excludes halogenated alkanes) is 19. The summed E-state index contributed by atoms with van der Waals surface area (Å²) in [5.74, 6) is -0.847. The van der Waals surface area contributed by atoms with Crippen LogP contribution in [-0.2, 0) is 28.5 Å². The van der Waals surface area contributed by atoms with Crippen LogP contribution in [0, 0.1) is 0 Å². The van der Waals surface area contributed by atoms with Crippen LogP contribution < -0.4 is 0 Å². The molecule has 0 amide bonds. The van der Waals surface area contributed by atoms with Crippen molar-refractivity contribution in [1.29, 1.82) is 0 Å². The molecule has 2 unspecified atom stereocenters. The van der Waals surface area contributed by atoms with Crippen molar-refractivity contribution >= 4 is 11.9 Å². The van der Waals surface area contributed by atoms with E-state index in [1.54, 1.807) is 0 Å². The van der Waals surface area contributed by atoms with Gasteiger partial charge in [0.05, 0.1) is 13.2 Å². The molecule has 10 nitrogen and oxygen atoms in total. The van der Waals surface area contributed by atoms with Crippen LogP contribution in [0.3, 0.4) is 0 Å². The first-order valence-corrected chi connectivity index (χ1v) is 23.3. The van der Waals surface area contributed by atoms with Gasteiger partial charge in [-0.1, -0.05) is 151 Å². The van der Waals surface area contributed by atoms with Gasteiger partial charge in [0.25, 0.3) is 0 Å². The zero-order valence-electron chi connectivity index (χ0n) is 36.8. The quantitative estimate of drug-likeness (QED) is 0.0268. The monoisotopic (exact) mass is 833 g/mol. The van der Waals surface area contributed by atoms with Crippen molar-refractivity contribution in [3.63, 3.8) is 0 Å². The normalized spacial score (nSPS) is 20.3. The molecule has 0 bridgehead atoms. The summed E-state index contributed by atoms with van der Waals surface area (Å²) in [5.41, 5.74) is 0. The fourth-order valence-electron chi connectivity index (χ4n) is 6.80. The van der Waals surface area contributed by atoms with Crippen LogP contribution in [-0.4, -0.2) is 89.0 Å². The summed E-state index contributed by atoms with van der Waals surface area (Å²) in [6, 6.07) is 0. The molecular weight excluding hydrogens is 749 g/mol. The number of aliphatic hydroxyl groups excluding tert-OH is 4. The SMILES string of the molecule is C=CCCCCCCCCCCCCCCCC(=O)O[C@@H](COC(=O)CCCCC/C=C/C/C=C/C/C=C/C/C=C/CCCCC)CO[C@H]1O[C@@H](CO)[C@@H](O)C(O)C1O. The zero-order valence-corrected chi connectivity index (χ0v) is 36.8. The maximum Gasteiger partial charge on any atom is 0.306 e. The molecule has 59 heavy (non-hydrogen) atoms. The topological polar surface area (TPSA) is 152 Å². The molecular formula is C49H84O10. The lowest BCUT2D eigenvalue weighted by molar-refractivity contribution is -0.305. The van der Waals surface area contributed by atoms with Gasteiger partial charge in [0.2, 0.25) is 0 Å². The summed E-state index contributed by atoms with van der Waals surface area (Å²) < 4.78 is 22.1. The Morgan fingerprint density at radius 1 is 0.576 bits per heavy atom. The average Bonchev–Trinajstić information content (AvgIpc) is 3.23. The number of hydrogen-bond acceptors (Lipinski definition) is 10. The predicted octanol–water partition coefficient (Wildman–Crippen LogP) is 10.2. The second-order valence-corrected chi connectivity index (χ2v) is 15.9. The summed E-state index contributed by atoms with van der Waals surface area (Å²) >= 11 is 0. The Labute approximate surface area is 358 Å². The van der Waals surface area contributed by atoms with E-state index in [0.29, 0.717) is 12.8 Å². The van der Waals surface area contributed by atoms with Crippen LogP contribution >= 0.6 is 0 Å². The highest BCUT2D eigenvalue weighted by Gasteiger charge is 2.44. The van der Waals surface area contributed by atoms with Crippen molar-refractivity contribution in [1.82, 2.24) is 0 Å². The lowest BCUT2D eigenvalue weighted by Gasteiger charge is -2.39. The van der Waals surface area contributed by atoms with Gasteiger partial charge < -0.3 is 39.4 Å². The van der Waals surface area contributed by atoms with E-state index in [1.807, 2.05) is 6.08 Å². The minimum atomic E-state index is -1.60. The summed E-state index contributed by atoms with van der Waals surface area (Å²) in [4.78, 5) is 25.4. The first-order valence-electron chi connectivity index (χ1n) is 23.3. The maximum atomic E-state index is 12.8. The van der Waals surface area contributed by atoms with Crippen LogP contribution in [0.15, 0.2) is 61.3 Å². The predicted molar refractivity (Wildman–Crippen MR) is 238 cm³/mol. The molecule has 0 radical (unpaired) electrons. The van der Waals surface area contributed by atoms with Crippen LogP contribution in [0.4, 0.5) is 0 Å². The van der Waals surface area contributed by atoms with Crippen molar-refractivity contribution in [3.05, 3.63) is 61.3 Å². The number of hydrogen-bond donors (Lipinski definition) is 4. The molecule has 4 N–H and O–H groups in total. The molecule has 0 aliphatic carbocycles. The largest absolute Gasteiger partial charge is 0.462 e. The highest BCUT2D eigenvalue weighted by atomic mass is 16.7. The Morgan fingerprint density at radius 2 is 1.03 bits per heavy atom. The van der Waals surface area contributed by atoms with E-state index in [4.69, 9.17) is 18.9 Å². The van der Waals surface area contributed by atoms with E-state index in [0.717, 1.165) is 64.2 Å². The fourth-order valence-corrected chi connectivity index (χ4v) is 6.80. The van der Waals surface area contributed by atoms with Crippen molar-refractivity contribution in [2.45, 2.75) is 217 Å². The average molecular weight is 833 g/mol. The van der Waals surface area contributed by atoms with Crippen molar-refractivity contribution in [2.75, 3.05) is 19.8 Å². The summed E-state index contributed by atoms with van der Waals surface area (Å²) in [5, 5.41) is 40.1. The summed E-state index contributed by atoms with van der Waals surface area (Å²) in [7, 11) is 0. The molecule has 0 aromatic rings. The lowest BCUT2D eigenvalue weighted by atomic mass is 9.99. The van der Waals surface area contributed by atoms with E-state index in [1.165, 1.54) is 83.5 Å². The van der Waals surface area contributed by atoms with E-state index >= 15 is 0 Å². The molecule has 340 valence electrons. The number of ether oxygens (including phenoxy) is 4. The van der Waals surface area contributed by atoms with Crippen LogP contribution in [0.25, 0.3) is 0 Å². The number of aliphatic hydroxyl groups is 4. The second kappa shape index (κ2) is 39.5. The number of carbonyl (C=O) groups is 2. The molecule has 0 saturated carbocycles. The van der Waals surface area contributed by atoms with E-state index in [-0.39, 0.29) is 26.1 Å². The smallest absolute Gasteiger partial charge is 0.306 e. The molecule has 0 aromatic heterocycles. The first kappa shape index (κ1) is 54.4. The third kappa shape index (κ3) is 31.0. The molecule has 1 fully saturated rings. The van der Waals surface area contributed by atoms with Gasteiger partial charge in [-0.15, -0.1) is 6.58 Å². The summed E-state index contributed by atoms with van der Waals surface area (Å²) in [6.45, 7) is 4.89. The highest BCUT2D eigenvalue weighted by molar-refractivity contribution is 5.70. The number of rotatable bonds is 39. The standard InChI is InChI=1S/C49H84O10/c1-3-5-7-9-11-13-15-17-19-20-21-22-24-25-27-29-31-33-35-37-44(51)56-40-42(41-57-49-48(55)47(54)46(53)43(39-50)59-49)58-45(52)38-36-34-32-30-28-26-23-18-16-14-12-10-8-6-4-2/h4,11,13,17,19,21-22,25,27,42-43,46-50,53-55H,2-3,5-10,12,14-16,18,20,23-24,26,28-41H2,1H3/b13-11+,19-17+,22-21+,27-25+/t42-,43-,46+,47?,48?,49-/m0/s1. The molecule has 1 aliphatic rings. The van der Waals surface area contributed by atoms with Gasteiger partial charge in [0.15, 0.2) is 12.4 Å². The highest BCUT2D eigenvalue weighted by Crippen LogP contribution is 2.23. The van der Waals surface area contributed by atoms with Gasteiger partial charge in [-0.05, 0) is 70.6 Å². The molecule has 1 aliphatic heterocycles. The Hall–Kier alpha value is -2.60. The van der Waals surface area contributed by atoms with Crippen LogP contribution in [0.5, 0.6) is 0 Å². The summed E-state index contributed by atoms with van der Waals surface area (Å²) in [6.07, 6.45) is 39.7. The number of carbonyl (C=O) groups excluding carboxylic acids is 2. The van der Waals surface area contributed by atoms with Crippen LogP contribution in [0.1, 0.15) is 180 Å². The van der Waals surface area contributed by atoms with E-state index in [9.17, 15) is 30.0 Å². The fraction of sp³-hybridized carbons (Fsp3) is 0.755. The van der Waals surface area contributed by atoms with Crippen molar-refractivity contribution < 1.29 is 49.0 Å². The van der Waals surface area contributed by atoms with Gasteiger partial charge in [0, 0.05) is 12.8 Å². The molecule has 1 rings (SSSR count). The number of esters is 2. The third-order valence-corrected chi connectivity index (χ3v) is 10.5. The van der Waals surface area contributed by atoms with E-state index in [2.05, 4.69) is 62.1 Å². The third-order valence-electron chi connectivity index (χ3n) is 10.5. The Morgan fingerprint density at radius 3 is 1.56 bits per heavy atom. The van der Waals surface area contributed by atoms with Crippen LogP contribution in [0.2, 0.25) is 0 Å². The Kier molecular flexibility index (Phi) is 36.5. The van der Waals surface area contributed by atoms with Gasteiger partial charge >= 0.3 is 11.9 Å². The van der Waals surface area contributed by atoms with E-state index < -0.39 is 55.4 Å². The molecule has 1 heterocycles. The van der Waals surface area contributed by atoms with Gasteiger partial charge in [0.1, 0.15) is 31.0 Å². The molecule has 0 spiro atoms. The van der Waals surface area contributed by atoms with Crippen molar-refractivity contribution in [3.8, 4) is 0 Å². The second-order valence-electron chi connectivity index (χ2n) is 15.9. The Bertz CT molecular complexity index is 1130. The molecule has 6 atom stereocenters. The van der Waals surface area contributed by atoms with Gasteiger partial charge in [-0.25, -0.2) is 0 Å². The molecule has 1 saturated heterocycles. The first-order chi connectivity index (χ1) is 28.8. The molecule has 10 heteroatoms. The lowest BCUT2D eigenvalue weighted by Crippen LogP contribution is -2.59. The minimum Gasteiger partial charge on any atom is -0.462 e. The maximum absolute atomic E-state index is 12.8. The zero-order chi connectivity index (χ0) is 43.0. The van der Waals surface area contributed by atoms with Gasteiger partial charge in [-0.2, -0.15) is 0 Å². The van der Waals surface area contributed by atoms with Crippen molar-refractivity contribution in [2.24, 2.45) is 0 Å². The molecule has 0 aromatic carbocycles. The number of allylic oxidation sites excluding steroid dienone is 9. The van der Waals surface area contributed by atoms with Gasteiger partial charge in [-0.3, -0.25) is 9.59 Å². The Balaban J connectivity index is 2.33. The minimum absolute atomic E-state index is 0.219.